The number of hydrogen-bond donors (Lipinski definition) is 2. The van der Waals surface area contributed by atoms with Crippen molar-refractivity contribution in [2.24, 2.45) is 10.2 Å². The van der Waals surface area contributed by atoms with E-state index in [-0.39, 0.29) is 0 Å². The summed E-state index contributed by atoms with van der Waals surface area (Å²) in [6, 6.07) is 15.0. The van der Waals surface area contributed by atoms with E-state index in [2.05, 4.69) is 21.1 Å². The van der Waals surface area contributed by atoms with Crippen molar-refractivity contribution in [1.29, 1.82) is 0 Å². The van der Waals surface area contributed by atoms with Crippen molar-refractivity contribution in [3.63, 3.8) is 0 Å². The van der Waals surface area contributed by atoms with Gasteiger partial charge in [-0.15, -0.1) is 0 Å². The third-order valence-electron chi connectivity index (χ3n) is 2.99. The first-order valence-corrected chi connectivity index (χ1v) is 7.52. The maximum absolute atomic E-state index is 5.09. The van der Waals surface area contributed by atoms with Gasteiger partial charge in [-0.25, -0.2) is 0 Å². The molecule has 0 aliphatic heterocycles. The van der Waals surface area contributed by atoms with Gasteiger partial charge in [-0.2, -0.15) is 10.2 Å². The second kappa shape index (κ2) is 9.26. The Balaban J connectivity index is 1.77. The van der Waals surface area contributed by atoms with Crippen LogP contribution in [0.1, 0.15) is 11.1 Å². The number of hydrogen-bond acceptors (Lipinski definition) is 5. The molecule has 24 heavy (non-hydrogen) atoms. The van der Waals surface area contributed by atoms with Gasteiger partial charge >= 0.3 is 0 Å². The number of ether oxygens (including phenoxy) is 2. The number of nitrogens with one attached hydrogen (secondary N) is 2. The Kier molecular flexibility index (Phi) is 6.73. The van der Waals surface area contributed by atoms with Crippen LogP contribution in [0.15, 0.2) is 58.7 Å². The lowest BCUT2D eigenvalue weighted by atomic mass is 10.2. The Morgan fingerprint density at radius 3 is 1.50 bits per heavy atom. The quantitative estimate of drug-likeness (QED) is 0.480. The molecule has 0 amide bonds. The Bertz CT molecular complexity index is 651. The first-order valence-electron chi connectivity index (χ1n) is 7.11. The Morgan fingerprint density at radius 1 is 0.792 bits per heavy atom. The summed E-state index contributed by atoms with van der Waals surface area (Å²) < 4.78 is 10.2. The Morgan fingerprint density at radius 2 is 1.17 bits per heavy atom. The van der Waals surface area contributed by atoms with Gasteiger partial charge in [0.25, 0.3) is 0 Å². The number of thiocarbonyl (C=S) groups is 1. The highest BCUT2D eigenvalue weighted by Gasteiger charge is 1.93. The van der Waals surface area contributed by atoms with Gasteiger partial charge < -0.3 is 9.47 Å². The molecule has 0 radical (unpaired) electrons. The van der Waals surface area contributed by atoms with E-state index in [1.54, 1.807) is 26.6 Å². The lowest BCUT2D eigenvalue weighted by Crippen LogP contribution is -2.28. The number of methoxy groups -OCH3 is 2. The fourth-order valence-electron chi connectivity index (χ4n) is 1.74. The van der Waals surface area contributed by atoms with Crippen LogP contribution in [0.25, 0.3) is 0 Å². The van der Waals surface area contributed by atoms with Crippen LogP contribution >= 0.6 is 12.2 Å². The minimum absolute atomic E-state index is 0.296. The van der Waals surface area contributed by atoms with E-state index < -0.39 is 0 Å². The van der Waals surface area contributed by atoms with E-state index in [9.17, 15) is 0 Å². The number of rotatable bonds is 6. The molecule has 0 aromatic heterocycles. The molecule has 0 bridgehead atoms. The second-order valence-corrected chi connectivity index (χ2v) is 5.02. The largest absolute Gasteiger partial charge is 0.497 e. The van der Waals surface area contributed by atoms with Crippen LogP contribution < -0.4 is 20.3 Å². The normalized spacial score (nSPS) is 10.8. The van der Waals surface area contributed by atoms with Crippen molar-refractivity contribution in [2.75, 3.05) is 14.2 Å². The van der Waals surface area contributed by atoms with Crippen LogP contribution in [0.3, 0.4) is 0 Å². The van der Waals surface area contributed by atoms with E-state index in [4.69, 9.17) is 21.7 Å². The van der Waals surface area contributed by atoms with Gasteiger partial charge in [-0.3, -0.25) is 10.9 Å². The Hall–Kier alpha value is -2.93. The van der Waals surface area contributed by atoms with Crippen molar-refractivity contribution >= 4 is 29.8 Å². The first-order chi connectivity index (χ1) is 11.7. The lowest BCUT2D eigenvalue weighted by molar-refractivity contribution is 0.414. The number of benzene rings is 2. The zero-order valence-electron chi connectivity index (χ0n) is 13.4. The zero-order chi connectivity index (χ0) is 17.2. The van der Waals surface area contributed by atoms with Gasteiger partial charge in [-0.05, 0) is 71.9 Å². The van der Waals surface area contributed by atoms with Gasteiger partial charge in [0.1, 0.15) is 11.5 Å². The van der Waals surface area contributed by atoms with Crippen molar-refractivity contribution in [3.05, 3.63) is 59.7 Å². The topological polar surface area (TPSA) is 67.2 Å². The molecule has 0 spiro atoms. The molecule has 2 N–H and O–H groups in total. The molecule has 0 heterocycles. The average molecular weight is 342 g/mol. The SMILES string of the molecule is COc1ccc(C=NNC(=S)NN=Cc2ccc(OC)cc2)cc1. The van der Waals surface area contributed by atoms with E-state index in [0.717, 1.165) is 22.6 Å². The number of nitrogens with zero attached hydrogens (tertiary/aromatic N) is 2. The molecule has 0 unspecified atom stereocenters. The van der Waals surface area contributed by atoms with Crippen LogP contribution in [-0.4, -0.2) is 31.8 Å². The third kappa shape index (κ3) is 5.69. The molecule has 7 heteroatoms. The van der Waals surface area contributed by atoms with Gasteiger partial charge in [0.05, 0.1) is 26.6 Å². The molecule has 0 saturated heterocycles. The van der Waals surface area contributed by atoms with Crippen LogP contribution in [0.5, 0.6) is 11.5 Å². The zero-order valence-corrected chi connectivity index (χ0v) is 14.2. The molecule has 0 fully saturated rings. The van der Waals surface area contributed by atoms with Crippen molar-refractivity contribution < 1.29 is 9.47 Å². The van der Waals surface area contributed by atoms with Crippen molar-refractivity contribution in [3.8, 4) is 11.5 Å². The van der Waals surface area contributed by atoms with E-state index >= 15 is 0 Å². The highest BCUT2D eigenvalue weighted by molar-refractivity contribution is 7.80. The summed E-state index contributed by atoms with van der Waals surface area (Å²) in [5, 5.41) is 8.37. The minimum Gasteiger partial charge on any atom is -0.497 e. The van der Waals surface area contributed by atoms with Crippen molar-refractivity contribution in [1.82, 2.24) is 10.9 Å². The highest BCUT2D eigenvalue weighted by Crippen LogP contribution is 2.10. The van der Waals surface area contributed by atoms with E-state index in [1.807, 2.05) is 48.5 Å². The molecule has 6 nitrogen and oxygen atoms in total. The van der Waals surface area contributed by atoms with Gasteiger partial charge in [0, 0.05) is 0 Å². The molecular weight excluding hydrogens is 324 g/mol. The predicted molar refractivity (Wildman–Crippen MR) is 100 cm³/mol. The first kappa shape index (κ1) is 17.4. The van der Waals surface area contributed by atoms with Gasteiger partial charge in [0.2, 0.25) is 5.11 Å². The average Bonchev–Trinajstić information content (AvgIpc) is 2.63. The predicted octanol–water partition coefficient (Wildman–Crippen LogP) is 2.54. The molecule has 0 atom stereocenters. The lowest BCUT2D eigenvalue weighted by Gasteiger charge is -2.02. The van der Waals surface area contributed by atoms with Crippen LogP contribution in [0.2, 0.25) is 0 Å². The maximum atomic E-state index is 5.09. The van der Waals surface area contributed by atoms with E-state index in [0.29, 0.717) is 5.11 Å². The monoisotopic (exact) mass is 342 g/mol. The van der Waals surface area contributed by atoms with Gasteiger partial charge in [-0.1, -0.05) is 0 Å². The summed E-state index contributed by atoms with van der Waals surface area (Å²) in [5.74, 6) is 1.59. The van der Waals surface area contributed by atoms with Gasteiger partial charge in [0.15, 0.2) is 0 Å². The second-order valence-electron chi connectivity index (χ2n) is 4.62. The summed E-state index contributed by atoms with van der Waals surface area (Å²) in [6.07, 6.45) is 3.31. The molecule has 124 valence electrons. The molecule has 0 saturated carbocycles. The molecule has 0 aliphatic carbocycles. The standard InChI is InChI=1S/C17H18N4O2S/c1-22-15-7-3-13(4-8-15)11-18-20-17(24)21-19-12-14-5-9-16(23-2)10-6-14/h3-12H,1-2H3,(H2,20,21,24). The summed E-state index contributed by atoms with van der Waals surface area (Å²) in [6.45, 7) is 0. The fraction of sp³-hybridized carbons (Fsp3) is 0.118. The Labute approximate surface area is 146 Å². The molecule has 2 aromatic carbocycles. The summed E-state index contributed by atoms with van der Waals surface area (Å²) in [5.41, 5.74) is 7.23. The summed E-state index contributed by atoms with van der Waals surface area (Å²) in [4.78, 5) is 0. The van der Waals surface area contributed by atoms with Crippen LogP contribution in [0, 0.1) is 0 Å². The third-order valence-corrected chi connectivity index (χ3v) is 3.17. The molecule has 2 aromatic rings. The van der Waals surface area contributed by atoms with E-state index in [1.165, 1.54) is 0 Å². The van der Waals surface area contributed by atoms with Crippen LogP contribution in [0.4, 0.5) is 0 Å². The molecular formula is C17H18N4O2S. The highest BCUT2D eigenvalue weighted by atomic mass is 32.1. The molecule has 2 rings (SSSR count). The fourth-order valence-corrected chi connectivity index (χ4v) is 1.84. The minimum atomic E-state index is 0.296. The summed E-state index contributed by atoms with van der Waals surface area (Å²) in [7, 11) is 3.25. The smallest absolute Gasteiger partial charge is 0.207 e. The molecule has 0 aliphatic rings. The summed E-state index contributed by atoms with van der Waals surface area (Å²) >= 11 is 5.07. The van der Waals surface area contributed by atoms with Crippen molar-refractivity contribution in [2.45, 2.75) is 0 Å². The maximum Gasteiger partial charge on any atom is 0.207 e. The van der Waals surface area contributed by atoms with Crippen LogP contribution in [-0.2, 0) is 0 Å². The number of hydrazone groups is 2.